The topological polar surface area (TPSA) is 12.9 Å². The average molecular weight is 181 g/mol. The van der Waals surface area contributed by atoms with Crippen molar-refractivity contribution >= 4 is 17.4 Å². The van der Waals surface area contributed by atoms with Crippen LogP contribution in [0.2, 0.25) is 0 Å². The van der Waals surface area contributed by atoms with Gasteiger partial charge in [-0.1, -0.05) is 20.4 Å². The maximum absolute atomic E-state index is 4.47. The van der Waals surface area contributed by atoms with Crippen molar-refractivity contribution in [3.8, 4) is 0 Å². The van der Waals surface area contributed by atoms with Gasteiger partial charge in [0.25, 0.3) is 0 Å². The van der Waals surface area contributed by atoms with Gasteiger partial charge in [-0.15, -0.1) is 11.3 Å². The van der Waals surface area contributed by atoms with Crippen LogP contribution >= 0.6 is 11.3 Å². The van der Waals surface area contributed by atoms with Crippen molar-refractivity contribution in [2.45, 2.75) is 32.6 Å². The molecule has 0 N–H and O–H groups in total. The number of aromatic nitrogens is 1. The third-order valence-corrected chi connectivity index (χ3v) is 2.98. The summed E-state index contributed by atoms with van der Waals surface area (Å²) in [5.74, 6) is 0.634. The van der Waals surface area contributed by atoms with Gasteiger partial charge < -0.3 is 0 Å². The summed E-state index contributed by atoms with van der Waals surface area (Å²) >= 11 is 1.68. The second kappa shape index (κ2) is 4.41. The van der Waals surface area contributed by atoms with Gasteiger partial charge in [-0.05, 0) is 18.9 Å². The van der Waals surface area contributed by atoms with Gasteiger partial charge in [-0.2, -0.15) is 0 Å². The van der Waals surface area contributed by atoms with Crippen LogP contribution in [0.5, 0.6) is 0 Å². The molecule has 1 aromatic rings. The largest absolute Gasteiger partial charge is 0.241 e. The van der Waals surface area contributed by atoms with E-state index in [1.807, 2.05) is 6.08 Å². The number of hydrogen-bond acceptors (Lipinski definition) is 2. The number of hydrogen-bond donors (Lipinski definition) is 0. The number of nitrogens with zero attached hydrogens (tertiary/aromatic N) is 1. The first-order valence-electron chi connectivity index (χ1n) is 4.39. The molecule has 0 radical (unpaired) electrons. The molecule has 0 aromatic carbocycles. The van der Waals surface area contributed by atoms with E-state index in [2.05, 4.69) is 30.8 Å². The van der Waals surface area contributed by atoms with Crippen molar-refractivity contribution in [3.05, 3.63) is 22.7 Å². The molecule has 12 heavy (non-hydrogen) atoms. The highest BCUT2D eigenvalue weighted by Crippen LogP contribution is 2.24. The van der Waals surface area contributed by atoms with E-state index in [1.165, 1.54) is 18.5 Å². The quantitative estimate of drug-likeness (QED) is 0.690. The predicted octanol–water partition coefficient (Wildman–Crippen LogP) is 3.69. The predicted molar refractivity (Wildman–Crippen MR) is 55.5 cm³/mol. The fraction of sp³-hybridized carbons (Fsp3) is 0.500. The Balaban J connectivity index is 2.79. The zero-order valence-electron chi connectivity index (χ0n) is 7.71. The summed E-state index contributed by atoms with van der Waals surface area (Å²) < 4.78 is 0. The highest BCUT2D eigenvalue weighted by Gasteiger charge is 2.09. The molecule has 0 atom stereocenters. The third-order valence-electron chi connectivity index (χ3n) is 2.12. The molecular formula is C10H15NS. The Labute approximate surface area is 78.2 Å². The molecule has 0 aliphatic carbocycles. The first-order chi connectivity index (χ1) is 5.81. The standard InChI is InChI=1S/C10H15NS/c1-4-8(5-2)9-7-12-10(6-3)11-9/h6-8H,3-5H2,1-2H3. The number of thiazole rings is 1. The van der Waals surface area contributed by atoms with E-state index in [0.29, 0.717) is 5.92 Å². The van der Waals surface area contributed by atoms with Crippen LogP contribution in [-0.2, 0) is 0 Å². The molecule has 0 bridgehead atoms. The van der Waals surface area contributed by atoms with E-state index in [4.69, 9.17) is 0 Å². The molecule has 0 fully saturated rings. The van der Waals surface area contributed by atoms with Gasteiger partial charge in [-0.25, -0.2) is 4.98 Å². The van der Waals surface area contributed by atoms with Crippen LogP contribution in [0.15, 0.2) is 12.0 Å². The normalized spacial score (nSPS) is 10.6. The highest BCUT2D eigenvalue weighted by molar-refractivity contribution is 7.10. The van der Waals surface area contributed by atoms with Crippen molar-refractivity contribution in [1.29, 1.82) is 0 Å². The van der Waals surface area contributed by atoms with E-state index >= 15 is 0 Å². The summed E-state index contributed by atoms with van der Waals surface area (Å²) in [7, 11) is 0. The lowest BCUT2D eigenvalue weighted by atomic mass is 10.0. The van der Waals surface area contributed by atoms with Gasteiger partial charge in [0.05, 0.1) is 5.69 Å². The second-order valence-corrected chi connectivity index (χ2v) is 3.72. The lowest BCUT2D eigenvalue weighted by Gasteiger charge is -2.07. The zero-order valence-corrected chi connectivity index (χ0v) is 8.53. The lowest BCUT2D eigenvalue weighted by Crippen LogP contribution is -1.95. The Kier molecular flexibility index (Phi) is 3.48. The third kappa shape index (κ3) is 1.95. The SMILES string of the molecule is C=Cc1nc(C(CC)CC)cs1. The van der Waals surface area contributed by atoms with Crippen LogP contribution < -0.4 is 0 Å². The molecule has 0 aliphatic heterocycles. The summed E-state index contributed by atoms with van der Waals surface area (Å²) in [6.45, 7) is 8.12. The van der Waals surface area contributed by atoms with Crippen molar-refractivity contribution < 1.29 is 0 Å². The molecule has 0 amide bonds. The van der Waals surface area contributed by atoms with E-state index in [9.17, 15) is 0 Å². The summed E-state index contributed by atoms with van der Waals surface area (Å²) in [6, 6.07) is 0. The lowest BCUT2D eigenvalue weighted by molar-refractivity contribution is 0.627. The molecule has 0 saturated carbocycles. The van der Waals surface area contributed by atoms with Crippen molar-refractivity contribution in [2.75, 3.05) is 0 Å². The van der Waals surface area contributed by atoms with Crippen molar-refractivity contribution in [3.63, 3.8) is 0 Å². The zero-order chi connectivity index (χ0) is 8.97. The summed E-state index contributed by atoms with van der Waals surface area (Å²) in [6.07, 6.45) is 4.17. The molecule has 1 nitrogen and oxygen atoms in total. The molecule has 0 spiro atoms. The Bertz CT molecular complexity index is 248. The molecule has 1 heterocycles. The first kappa shape index (κ1) is 9.46. The van der Waals surface area contributed by atoms with Gasteiger partial charge in [0.1, 0.15) is 5.01 Å². The van der Waals surface area contributed by atoms with Crippen LogP contribution in [0.4, 0.5) is 0 Å². The number of rotatable bonds is 4. The smallest absolute Gasteiger partial charge is 0.115 e. The summed E-state index contributed by atoms with van der Waals surface area (Å²) in [5, 5.41) is 3.19. The molecule has 66 valence electrons. The van der Waals surface area contributed by atoms with Crippen LogP contribution in [0.25, 0.3) is 6.08 Å². The Morgan fingerprint density at radius 2 is 2.25 bits per heavy atom. The first-order valence-corrected chi connectivity index (χ1v) is 5.27. The molecular weight excluding hydrogens is 166 g/mol. The van der Waals surface area contributed by atoms with Gasteiger partial charge in [0.2, 0.25) is 0 Å². The molecule has 0 unspecified atom stereocenters. The second-order valence-electron chi connectivity index (χ2n) is 2.83. The molecule has 1 aromatic heterocycles. The van der Waals surface area contributed by atoms with E-state index in [0.717, 1.165) is 5.01 Å². The highest BCUT2D eigenvalue weighted by atomic mass is 32.1. The molecule has 2 heteroatoms. The van der Waals surface area contributed by atoms with Gasteiger partial charge in [-0.3, -0.25) is 0 Å². The van der Waals surface area contributed by atoms with Crippen LogP contribution in [0.3, 0.4) is 0 Å². The van der Waals surface area contributed by atoms with E-state index < -0.39 is 0 Å². The Morgan fingerprint density at radius 3 is 2.67 bits per heavy atom. The Morgan fingerprint density at radius 1 is 1.58 bits per heavy atom. The van der Waals surface area contributed by atoms with Gasteiger partial charge >= 0.3 is 0 Å². The fourth-order valence-electron chi connectivity index (χ4n) is 1.29. The van der Waals surface area contributed by atoms with Gasteiger partial charge in [0, 0.05) is 11.3 Å². The van der Waals surface area contributed by atoms with Crippen molar-refractivity contribution in [1.82, 2.24) is 4.98 Å². The minimum Gasteiger partial charge on any atom is -0.241 e. The minimum atomic E-state index is 0.634. The van der Waals surface area contributed by atoms with E-state index in [1.54, 1.807) is 11.3 Å². The molecule has 1 rings (SSSR count). The Hall–Kier alpha value is -0.630. The molecule has 0 aliphatic rings. The van der Waals surface area contributed by atoms with Crippen molar-refractivity contribution in [2.24, 2.45) is 0 Å². The average Bonchev–Trinajstić information content (AvgIpc) is 2.55. The van der Waals surface area contributed by atoms with Gasteiger partial charge in [0.15, 0.2) is 0 Å². The van der Waals surface area contributed by atoms with Crippen LogP contribution in [-0.4, -0.2) is 4.98 Å². The maximum atomic E-state index is 4.47. The summed E-state index contributed by atoms with van der Waals surface area (Å²) in [4.78, 5) is 4.47. The monoisotopic (exact) mass is 181 g/mol. The fourth-order valence-corrected chi connectivity index (χ4v) is 2.03. The van der Waals surface area contributed by atoms with Crippen LogP contribution in [0.1, 0.15) is 43.3 Å². The van der Waals surface area contributed by atoms with E-state index in [-0.39, 0.29) is 0 Å². The summed E-state index contributed by atoms with van der Waals surface area (Å²) in [5.41, 5.74) is 1.24. The molecule has 0 saturated heterocycles. The minimum absolute atomic E-state index is 0.634. The van der Waals surface area contributed by atoms with Crippen LogP contribution in [0, 0.1) is 0 Å². The maximum Gasteiger partial charge on any atom is 0.115 e.